The van der Waals surface area contributed by atoms with Gasteiger partial charge in [-0.3, -0.25) is 9.69 Å². The zero-order chi connectivity index (χ0) is 18.2. The summed E-state index contributed by atoms with van der Waals surface area (Å²) in [7, 11) is 0. The van der Waals surface area contributed by atoms with Gasteiger partial charge in [0.15, 0.2) is 6.73 Å². The van der Waals surface area contributed by atoms with E-state index in [9.17, 15) is 9.90 Å². The first kappa shape index (κ1) is 17.7. The predicted molar refractivity (Wildman–Crippen MR) is 98.4 cm³/mol. The van der Waals surface area contributed by atoms with Gasteiger partial charge < -0.3 is 9.84 Å². The maximum Gasteiger partial charge on any atom is 0.261 e. The van der Waals surface area contributed by atoms with E-state index < -0.39 is 11.6 Å². The minimum atomic E-state index is -0.740. The second-order valence-electron chi connectivity index (χ2n) is 7.56. The van der Waals surface area contributed by atoms with Gasteiger partial charge in [-0.05, 0) is 45.6 Å². The lowest BCUT2D eigenvalue weighted by atomic mass is 9.82. The van der Waals surface area contributed by atoms with Crippen molar-refractivity contribution >= 4 is 11.5 Å². The van der Waals surface area contributed by atoms with Crippen molar-refractivity contribution in [2.45, 2.75) is 51.7 Å². The predicted octanol–water partition coefficient (Wildman–Crippen LogP) is 3.73. The summed E-state index contributed by atoms with van der Waals surface area (Å²) in [6.45, 7) is 9.90. The highest BCUT2D eigenvalue weighted by atomic mass is 16.5. The van der Waals surface area contributed by atoms with Crippen LogP contribution in [0.2, 0.25) is 0 Å². The third-order valence-corrected chi connectivity index (χ3v) is 5.62. The molecule has 1 heterocycles. The third kappa shape index (κ3) is 3.11. The summed E-state index contributed by atoms with van der Waals surface area (Å²) in [6, 6.07) is 9.55. The van der Waals surface area contributed by atoms with Crippen LogP contribution in [0.25, 0.3) is 5.57 Å². The van der Waals surface area contributed by atoms with E-state index in [0.29, 0.717) is 11.3 Å². The van der Waals surface area contributed by atoms with Crippen LogP contribution in [-0.4, -0.2) is 34.3 Å². The number of amides is 1. The van der Waals surface area contributed by atoms with E-state index in [1.165, 1.54) is 0 Å². The summed E-state index contributed by atoms with van der Waals surface area (Å²) < 4.78 is 5.81. The second-order valence-corrected chi connectivity index (χ2v) is 7.56. The van der Waals surface area contributed by atoms with Crippen LogP contribution >= 0.6 is 0 Å². The van der Waals surface area contributed by atoms with E-state index in [0.717, 1.165) is 30.4 Å². The van der Waals surface area contributed by atoms with Crippen molar-refractivity contribution in [3.05, 3.63) is 53.8 Å². The van der Waals surface area contributed by atoms with Crippen LogP contribution in [0.5, 0.6) is 0 Å². The molecule has 2 unspecified atom stereocenters. The van der Waals surface area contributed by atoms with Gasteiger partial charge in [-0.15, -0.1) is 0 Å². The molecule has 1 fully saturated rings. The summed E-state index contributed by atoms with van der Waals surface area (Å²) in [5.41, 5.74) is 1.75. The Kier molecular flexibility index (Phi) is 4.74. The highest BCUT2D eigenvalue weighted by Gasteiger charge is 2.45. The topological polar surface area (TPSA) is 49.8 Å². The molecular weight excluding hydrogens is 314 g/mol. The smallest absolute Gasteiger partial charge is 0.261 e. The Labute approximate surface area is 149 Å². The Balaban J connectivity index is 1.90. The molecule has 0 saturated heterocycles. The standard InChI is InChI=1S/C21H27NO3/c1-14-9-8-12-17(14)19(23)21(3,4)22-13-25-15(2)18(20(22)24)16-10-6-5-7-11-16/h5-7,10-11,17,19,23H,1,8-9,12-13H2,2-4H3. The molecule has 4 heteroatoms. The number of rotatable bonds is 4. The average molecular weight is 341 g/mol. The van der Waals surface area contributed by atoms with Crippen molar-refractivity contribution in [3.63, 3.8) is 0 Å². The van der Waals surface area contributed by atoms with Crippen molar-refractivity contribution in [2.75, 3.05) is 6.73 Å². The molecule has 1 N–H and O–H groups in total. The Bertz CT molecular complexity index is 705. The van der Waals surface area contributed by atoms with Gasteiger partial charge in [0.1, 0.15) is 5.76 Å². The van der Waals surface area contributed by atoms with Crippen molar-refractivity contribution in [2.24, 2.45) is 5.92 Å². The van der Waals surface area contributed by atoms with E-state index in [4.69, 9.17) is 4.74 Å². The molecular formula is C21H27NO3. The molecule has 3 rings (SSSR count). The number of aliphatic hydroxyl groups excluding tert-OH is 1. The molecule has 1 aliphatic heterocycles. The van der Waals surface area contributed by atoms with Crippen molar-refractivity contribution in [3.8, 4) is 0 Å². The van der Waals surface area contributed by atoms with Crippen molar-refractivity contribution in [1.29, 1.82) is 0 Å². The zero-order valence-electron chi connectivity index (χ0n) is 15.3. The Hall–Kier alpha value is -2.07. The third-order valence-electron chi connectivity index (χ3n) is 5.62. The highest BCUT2D eigenvalue weighted by Crippen LogP contribution is 2.39. The molecule has 0 bridgehead atoms. The molecule has 0 spiro atoms. The lowest BCUT2D eigenvalue weighted by Gasteiger charge is -2.45. The van der Waals surface area contributed by atoms with Gasteiger partial charge in [-0.1, -0.05) is 42.5 Å². The molecule has 25 heavy (non-hydrogen) atoms. The monoisotopic (exact) mass is 341 g/mol. The number of hydrogen-bond donors (Lipinski definition) is 1. The van der Waals surface area contributed by atoms with Crippen LogP contribution in [-0.2, 0) is 9.53 Å². The molecule has 0 aromatic heterocycles. The second kappa shape index (κ2) is 6.68. The van der Waals surface area contributed by atoms with E-state index in [1.54, 1.807) is 4.90 Å². The maximum atomic E-state index is 13.2. The number of hydrogen-bond acceptors (Lipinski definition) is 3. The fourth-order valence-electron chi connectivity index (χ4n) is 3.91. The van der Waals surface area contributed by atoms with Crippen LogP contribution in [0.3, 0.4) is 0 Å². The van der Waals surface area contributed by atoms with E-state index in [2.05, 4.69) is 6.58 Å². The highest BCUT2D eigenvalue weighted by molar-refractivity contribution is 6.20. The number of aliphatic hydroxyl groups is 1. The first-order chi connectivity index (χ1) is 11.8. The van der Waals surface area contributed by atoms with Gasteiger partial charge >= 0.3 is 0 Å². The lowest BCUT2D eigenvalue weighted by molar-refractivity contribution is -0.147. The van der Waals surface area contributed by atoms with Gasteiger partial charge in [0, 0.05) is 5.92 Å². The fourth-order valence-corrected chi connectivity index (χ4v) is 3.91. The largest absolute Gasteiger partial charge is 0.477 e. The number of ether oxygens (including phenoxy) is 1. The molecule has 1 amide bonds. The minimum Gasteiger partial charge on any atom is -0.477 e. The van der Waals surface area contributed by atoms with Gasteiger partial charge in [-0.2, -0.15) is 0 Å². The number of carbonyl (C=O) groups excluding carboxylic acids is 1. The van der Waals surface area contributed by atoms with Gasteiger partial charge in [0.2, 0.25) is 0 Å². The van der Waals surface area contributed by atoms with E-state index in [-0.39, 0.29) is 18.6 Å². The maximum absolute atomic E-state index is 13.2. The average Bonchev–Trinajstić information content (AvgIpc) is 3.00. The quantitative estimate of drug-likeness (QED) is 0.849. The van der Waals surface area contributed by atoms with Gasteiger partial charge in [0.05, 0.1) is 17.2 Å². The molecule has 1 aromatic carbocycles. The lowest BCUT2D eigenvalue weighted by Crippen LogP contribution is -2.59. The number of allylic oxidation sites excluding steroid dienone is 1. The minimum absolute atomic E-state index is 0.0370. The first-order valence-corrected chi connectivity index (χ1v) is 8.91. The zero-order valence-corrected chi connectivity index (χ0v) is 15.3. The molecule has 1 aromatic rings. The molecule has 1 aliphatic carbocycles. The first-order valence-electron chi connectivity index (χ1n) is 8.91. The molecule has 0 radical (unpaired) electrons. The Morgan fingerprint density at radius 2 is 2.00 bits per heavy atom. The van der Waals surface area contributed by atoms with E-state index >= 15 is 0 Å². The molecule has 2 atom stereocenters. The normalized spacial score (nSPS) is 23.0. The van der Waals surface area contributed by atoms with Crippen molar-refractivity contribution < 1.29 is 14.6 Å². The Morgan fingerprint density at radius 3 is 2.60 bits per heavy atom. The Morgan fingerprint density at radius 1 is 1.32 bits per heavy atom. The summed E-state index contributed by atoms with van der Waals surface area (Å²) in [6.07, 6.45) is 2.27. The van der Waals surface area contributed by atoms with Crippen LogP contribution in [0.15, 0.2) is 48.2 Å². The van der Waals surface area contributed by atoms with Crippen molar-refractivity contribution in [1.82, 2.24) is 4.90 Å². The fraction of sp³-hybridized carbons (Fsp3) is 0.476. The summed E-state index contributed by atoms with van der Waals surface area (Å²) in [5, 5.41) is 11.0. The number of benzene rings is 1. The molecule has 2 aliphatic rings. The van der Waals surface area contributed by atoms with Gasteiger partial charge in [-0.25, -0.2) is 0 Å². The van der Waals surface area contributed by atoms with Crippen LogP contribution < -0.4 is 0 Å². The molecule has 4 nitrogen and oxygen atoms in total. The molecule has 134 valence electrons. The summed E-state index contributed by atoms with van der Waals surface area (Å²) >= 11 is 0. The van der Waals surface area contributed by atoms with Gasteiger partial charge in [0.25, 0.3) is 5.91 Å². The molecule has 1 saturated carbocycles. The van der Waals surface area contributed by atoms with Crippen LogP contribution in [0, 0.1) is 5.92 Å². The van der Waals surface area contributed by atoms with E-state index in [1.807, 2.05) is 51.1 Å². The van der Waals surface area contributed by atoms with Crippen LogP contribution in [0.4, 0.5) is 0 Å². The summed E-state index contributed by atoms with van der Waals surface area (Å²) in [5.74, 6) is 0.570. The SMILES string of the molecule is C=C1CCCC1C(O)C(C)(C)N1COC(C)=C(c2ccccc2)C1=O. The number of carbonyl (C=O) groups is 1. The summed E-state index contributed by atoms with van der Waals surface area (Å²) in [4.78, 5) is 14.9. The number of nitrogens with zero attached hydrogens (tertiary/aromatic N) is 1. The van der Waals surface area contributed by atoms with Crippen LogP contribution in [0.1, 0.15) is 45.6 Å².